The van der Waals surface area contributed by atoms with Gasteiger partial charge in [0.2, 0.25) is 0 Å². The molecule has 2 rings (SSSR count). The Labute approximate surface area is 95.8 Å². The average Bonchev–Trinajstić information content (AvgIpc) is 2.60. The molecule has 6 heteroatoms. The van der Waals surface area contributed by atoms with Gasteiger partial charge in [0.25, 0.3) is 0 Å². The number of aromatic nitrogens is 2. The van der Waals surface area contributed by atoms with Gasteiger partial charge in [-0.25, -0.2) is 4.98 Å². The number of nitrogens with zero attached hydrogens (tertiary/aromatic N) is 1. The molecule has 0 atom stereocenters. The predicted octanol–water partition coefficient (Wildman–Crippen LogP) is 3.29. The molecule has 1 aromatic heterocycles. The third-order valence-electron chi connectivity index (χ3n) is 2.52. The van der Waals surface area contributed by atoms with Crippen LogP contribution < -0.4 is 5.73 Å². The second-order valence-electron chi connectivity index (χ2n) is 4.23. The first-order valence-corrected chi connectivity index (χ1v) is 5.15. The van der Waals surface area contributed by atoms with Crippen molar-refractivity contribution in [1.82, 2.24) is 9.97 Å². The molecule has 0 fully saturated rings. The number of nitrogens with two attached hydrogens (primary N) is 1. The van der Waals surface area contributed by atoms with Gasteiger partial charge in [-0.05, 0) is 12.1 Å². The molecule has 17 heavy (non-hydrogen) atoms. The molecule has 92 valence electrons. The number of hydrogen-bond donors (Lipinski definition) is 2. The molecule has 3 nitrogen and oxygen atoms in total. The van der Waals surface area contributed by atoms with Crippen LogP contribution in [0.2, 0.25) is 0 Å². The maximum Gasteiger partial charge on any atom is 0.416 e. The normalized spacial score (nSPS) is 12.6. The summed E-state index contributed by atoms with van der Waals surface area (Å²) in [4.78, 5) is 7.05. The van der Waals surface area contributed by atoms with E-state index in [4.69, 9.17) is 5.73 Å². The second-order valence-corrected chi connectivity index (χ2v) is 4.23. The van der Waals surface area contributed by atoms with Gasteiger partial charge >= 0.3 is 6.18 Å². The van der Waals surface area contributed by atoms with E-state index in [2.05, 4.69) is 9.97 Å². The van der Waals surface area contributed by atoms with Gasteiger partial charge in [0.1, 0.15) is 5.82 Å². The van der Waals surface area contributed by atoms with E-state index < -0.39 is 11.7 Å². The monoisotopic (exact) mass is 243 g/mol. The number of hydrogen-bond acceptors (Lipinski definition) is 2. The summed E-state index contributed by atoms with van der Waals surface area (Å²) in [5.74, 6) is 0.738. The number of alkyl halides is 3. The lowest BCUT2D eigenvalue weighted by atomic mass is 10.1. The minimum absolute atomic E-state index is 0.0641. The van der Waals surface area contributed by atoms with Crippen LogP contribution in [0.4, 0.5) is 18.9 Å². The highest BCUT2D eigenvalue weighted by atomic mass is 19.4. The van der Waals surface area contributed by atoms with E-state index in [1.807, 2.05) is 13.8 Å². The van der Waals surface area contributed by atoms with Gasteiger partial charge in [-0.1, -0.05) is 13.8 Å². The van der Waals surface area contributed by atoms with E-state index in [0.717, 1.165) is 12.1 Å². The van der Waals surface area contributed by atoms with E-state index in [9.17, 15) is 13.2 Å². The topological polar surface area (TPSA) is 54.7 Å². The Balaban J connectivity index is 2.65. The molecular formula is C11H12F3N3. The molecule has 0 amide bonds. The van der Waals surface area contributed by atoms with Gasteiger partial charge in [-0.3, -0.25) is 0 Å². The Hall–Kier alpha value is -1.72. The number of H-pyrrole nitrogens is 1. The van der Waals surface area contributed by atoms with E-state index in [1.54, 1.807) is 0 Å². The van der Waals surface area contributed by atoms with Crippen molar-refractivity contribution in [1.29, 1.82) is 0 Å². The van der Waals surface area contributed by atoms with Crippen LogP contribution in [0.1, 0.15) is 31.2 Å². The molecule has 0 spiro atoms. The van der Waals surface area contributed by atoms with Crippen LogP contribution in [0.15, 0.2) is 12.1 Å². The van der Waals surface area contributed by atoms with Gasteiger partial charge in [-0.2, -0.15) is 13.2 Å². The molecule has 1 heterocycles. The molecule has 0 radical (unpaired) electrons. The number of benzene rings is 1. The SMILES string of the molecule is CC(C)c1nc2cc(C(F)(F)F)cc(N)c2[nH]1. The summed E-state index contributed by atoms with van der Waals surface area (Å²) >= 11 is 0. The number of nitrogen functional groups attached to an aromatic ring is 1. The molecule has 3 N–H and O–H groups in total. The van der Waals surface area contributed by atoms with Crippen molar-refractivity contribution in [2.75, 3.05) is 5.73 Å². The van der Waals surface area contributed by atoms with Gasteiger partial charge < -0.3 is 10.7 Å². The van der Waals surface area contributed by atoms with Crippen molar-refractivity contribution in [2.24, 2.45) is 0 Å². The number of imidazole rings is 1. The average molecular weight is 243 g/mol. The standard InChI is InChI=1S/C11H12F3N3/c1-5(2)10-16-8-4-6(11(12,13)14)3-7(15)9(8)17-10/h3-5H,15H2,1-2H3,(H,16,17). The Bertz CT molecular complexity index is 555. The number of aromatic amines is 1. The van der Waals surface area contributed by atoms with Crippen molar-refractivity contribution in [3.05, 3.63) is 23.5 Å². The summed E-state index contributed by atoms with van der Waals surface area (Å²) in [5, 5.41) is 0. The van der Waals surface area contributed by atoms with E-state index in [1.165, 1.54) is 0 Å². The van der Waals surface area contributed by atoms with Crippen LogP contribution in [-0.4, -0.2) is 9.97 Å². The highest BCUT2D eigenvalue weighted by Crippen LogP contribution is 2.34. The zero-order chi connectivity index (χ0) is 12.8. The zero-order valence-corrected chi connectivity index (χ0v) is 9.39. The lowest BCUT2D eigenvalue weighted by molar-refractivity contribution is -0.137. The number of halogens is 3. The van der Waals surface area contributed by atoms with Crippen LogP contribution in [0.5, 0.6) is 0 Å². The van der Waals surface area contributed by atoms with Crippen LogP contribution >= 0.6 is 0 Å². The molecule has 0 aliphatic rings. The summed E-state index contributed by atoms with van der Waals surface area (Å²) in [6, 6.07) is 1.93. The Morgan fingerprint density at radius 3 is 2.47 bits per heavy atom. The Morgan fingerprint density at radius 1 is 1.29 bits per heavy atom. The fourth-order valence-corrected chi connectivity index (χ4v) is 1.60. The highest BCUT2D eigenvalue weighted by molar-refractivity contribution is 5.88. The maximum absolute atomic E-state index is 12.6. The van der Waals surface area contributed by atoms with Crippen molar-refractivity contribution in [2.45, 2.75) is 25.9 Å². The zero-order valence-electron chi connectivity index (χ0n) is 9.39. The molecule has 1 aromatic carbocycles. The first-order chi connectivity index (χ1) is 7.79. The lowest BCUT2D eigenvalue weighted by Crippen LogP contribution is -2.05. The van der Waals surface area contributed by atoms with Crippen molar-refractivity contribution in [3.63, 3.8) is 0 Å². The quantitative estimate of drug-likeness (QED) is 0.755. The van der Waals surface area contributed by atoms with Gasteiger partial charge in [0.15, 0.2) is 0 Å². The summed E-state index contributed by atoms with van der Waals surface area (Å²) < 4.78 is 37.7. The predicted molar refractivity (Wildman–Crippen MR) is 59.6 cm³/mol. The number of anilines is 1. The summed E-state index contributed by atoms with van der Waals surface area (Å²) in [6.45, 7) is 3.80. The van der Waals surface area contributed by atoms with Crippen molar-refractivity contribution in [3.8, 4) is 0 Å². The summed E-state index contributed by atoms with van der Waals surface area (Å²) in [6.07, 6.45) is -4.40. The number of nitrogens with one attached hydrogen (secondary N) is 1. The Morgan fingerprint density at radius 2 is 1.94 bits per heavy atom. The minimum Gasteiger partial charge on any atom is -0.397 e. The first-order valence-electron chi connectivity index (χ1n) is 5.15. The third kappa shape index (κ3) is 2.07. The minimum atomic E-state index is -4.40. The van der Waals surface area contributed by atoms with Crippen LogP contribution in [0, 0.1) is 0 Å². The number of rotatable bonds is 1. The third-order valence-corrected chi connectivity index (χ3v) is 2.52. The van der Waals surface area contributed by atoms with E-state index in [0.29, 0.717) is 11.3 Å². The Kier molecular flexibility index (Phi) is 2.52. The summed E-state index contributed by atoms with van der Waals surface area (Å²) in [5.41, 5.74) is 5.60. The summed E-state index contributed by atoms with van der Waals surface area (Å²) in [7, 11) is 0. The number of fused-ring (bicyclic) bond motifs is 1. The largest absolute Gasteiger partial charge is 0.416 e. The molecule has 0 bridgehead atoms. The molecule has 2 aromatic rings. The lowest BCUT2D eigenvalue weighted by Gasteiger charge is -2.07. The first kappa shape index (κ1) is 11.8. The maximum atomic E-state index is 12.6. The van der Waals surface area contributed by atoms with Crippen molar-refractivity contribution < 1.29 is 13.2 Å². The van der Waals surface area contributed by atoms with E-state index in [-0.39, 0.29) is 17.1 Å². The van der Waals surface area contributed by atoms with Crippen LogP contribution in [-0.2, 0) is 6.18 Å². The molecule has 0 saturated carbocycles. The van der Waals surface area contributed by atoms with Gasteiger partial charge in [0.05, 0.1) is 22.3 Å². The fraction of sp³-hybridized carbons (Fsp3) is 0.364. The molecule has 0 saturated heterocycles. The molecular weight excluding hydrogens is 231 g/mol. The fourth-order valence-electron chi connectivity index (χ4n) is 1.60. The van der Waals surface area contributed by atoms with Crippen molar-refractivity contribution >= 4 is 16.7 Å². The van der Waals surface area contributed by atoms with Crippen LogP contribution in [0.25, 0.3) is 11.0 Å². The smallest absolute Gasteiger partial charge is 0.397 e. The van der Waals surface area contributed by atoms with E-state index >= 15 is 0 Å². The molecule has 0 aliphatic heterocycles. The second kappa shape index (κ2) is 3.65. The van der Waals surface area contributed by atoms with Crippen LogP contribution in [0.3, 0.4) is 0 Å². The molecule has 0 unspecified atom stereocenters. The highest BCUT2D eigenvalue weighted by Gasteiger charge is 2.31. The van der Waals surface area contributed by atoms with Gasteiger partial charge in [-0.15, -0.1) is 0 Å². The van der Waals surface area contributed by atoms with Gasteiger partial charge in [0, 0.05) is 5.92 Å². The molecule has 0 aliphatic carbocycles.